The summed E-state index contributed by atoms with van der Waals surface area (Å²) in [7, 11) is 1.53. The van der Waals surface area contributed by atoms with Crippen molar-refractivity contribution in [3.8, 4) is 11.4 Å². The summed E-state index contributed by atoms with van der Waals surface area (Å²) >= 11 is 7.25. The number of carbonyl (C=O) groups excluding carboxylic acids is 1. The van der Waals surface area contributed by atoms with Gasteiger partial charge in [0.05, 0.1) is 42.3 Å². The Labute approximate surface area is 187 Å². The van der Waals surface area contributed by atoms with Crippen LogP contribution in [0.5, 0.6) is 5.75 Å². The molecule has 1 N–H and O–H groups in total. The van der Waals surface area contributed by atoms with E-state index in [1.807, 2.05) is 6.07 Å². The molecule has 0 saturated carbocycles. The Morgan fingerprint density at radius 1 is 1.23 bits per heavy atom. The van der Waals surface area contributed by atoms with Gasteiger partial charge in [0.25, 0.3) is 5.56 Å². The van der Waals surface area contributed by atoms with Crippen LogP contribution in [0.1, 0.15) is 5.76 Å². The minimum absolute atomic E-state index is 0.0639. The van der Waals surface area contributed by atoms with Crippen LogP contribution in [0.25, 0.3) is 16.6 Å². The van der Waals surface area contributed by atoms with Crippen LogP contribution >= 0.6 is 23.4 Å². The molecule has 0 aliphatic heterocycles. The average Bonchev–Trinajstić information content (AvgIpc) is 3.30. The van der Waals surface area contributed by atoms with Gasteiger partial charge in [-0.05, 0) is 42.5 Å². The molecule has 4 rings (SSSR count). The number of hydrogen-bond acceptors (Lipinski definition) is 6. The summed E-state index contributed by atoms with van der Waals surface area (Å²) in [6.07, 6.45) is 1.55. The smallest absolute Gasteiger partial charge is 0.266 e. The highest BCUT2D eigenvalue weighted by Crippen LogP contribution is 2.27. The van der Waals surface area contributed by atoms with E-state index >= 15 is 0 Å². The van der Waals surface area contributed by atoms with Crippen LogP contribution in [0.4, 0.5) is 0 Å². The van der Waals surface area contributed by atoms with Gasteiger partial charge in [-0.15, -0.1) is 0 Å². The van der Waals surface area contributed by atoms with Gasteiger partial charge in [0.15, 0.2) is 5.16 Å². The normalized spacial score (nSPS) is 10.9. The number of benzene rings is 2. The molecule has 0 aliphatic carbocycles. The summed E-state index contributed by atoms with van der Waals surface area (Å²) < 4.78 is 12.1. The SMILES string of the molecule is COc1ccccc1-n1c(SCC(=O)NCc2ccco2)nc2cc(Cl)ccc2c1=O. The van der Waals surface area contributed by atoms with Crippen molar-refractivity contribution < 1.29 is 13.9 Å². The molecule has 4 aromatic rings. The molecule has 2 aromatic heterocycles. The number of fused-ring (bicyclic) bond motifs is 1. The number of rotatable bonds is 7. The molecule has 158 valence electrons. The zero-order valence-corrected chi connectivity index (χ0v) is 18.1. The lowest BCUT2D eigenvalue weighted by atomic mass is 10.2. The van der Waals surface area contributed by atoms with E-state index < -0.39 is 0 Å². The van der Waals surface area contributed by atoms with E-state index in [0.717, 1.165) is 11.8 Å². The van der Waals surface area contributed by atoms with Crippen molar-refractivity contribution in [2.24, 2.45) is 0 Å². The van der Waals surface area contributed by atoms with E-state index in [1.54, 1.807) is 54.8 Å². The molecule has 2 heterocycles. The topological polar surface area (TPSA) is 86.4 Å². The highest BCUT2D eigenvalue weighted by atomic mass is 35.5. The molecule has 0 radical (unpaired) electrons. The number of carbonyl (C=O) groups is 1. The molecule has 0 fully saturated rings. The lowest BCUT2D eigenvalue weighted by Gasteiger charge is -2.15. The molecule has 0 saturated heterocycles. The number of nitrogens with zero attached hydrogens (tertiary/aromatic N) is 2. The first-order valence-corrected chi connectivity index (χ1v) is 10.7. The Hall–Kier alpha value is -3.23. The molecule has 0 aliphatic rings. The van der Waals surface area contributed by atoms with Crippen LogP contribution in [-0.2, 0) is 11.3 Å². The maximum Gasteiger partial charge on any atom is 0.266 e. The molecular weight excluding hydrogens is 438 g/mol. The number of methoxy groups -OCH3 is 1. The van der Waals surface area contributed by atoms with Crippen molar-refractivity contribution >= 4 is 40.2 Å². The third-order valence-electron chi connectivity index (χ3n) is 4.50. The second kappa shape index (κ2) is 9.28. The van der Waals surface area contributed by atoms with Crippen LogP contribution in [0.3, 0.4) is 0 Å². The van der Waals surface area contributed by atoms with Crippen LogP contribution < -0.4 is 15.6 Å². The molecular formula is C22H18ClN3O4S. The van der Waals surface area contributed by atoms with Crippen LogP contribution in [0, 0.1) is 0 Å². The predicted molar refractivity (Wildman–Crippen MR) is 120 cm³/mol. The minimum atomic E-state index is -0.273. The fourth-order valence-corrected chi connectivity index (χ4v) is 4.04. The molecule has 0 spiro atoms. The number of ether oxygens (including phenoxy) is 1. The number of furan rings is 1. The van der Waals surface area contributed by atoms with Gasteiger partial charge in [-0.25, -0.2) is 4.98 Å². The van der Waals surface area contributed by atoms with Gasteiger partial charge in [-0.1, -0.05) is 35.5 Å². The van der Waals surface area contributed by atoms with Gasteiger partial charge in [-0.3, -0.25) is 14.2 Å². The lowest BCUT2D eigenvalue weighted by molar-refractivity contribution is -0.118. The van der Waals surface area contributed by atoms with E-state index in [1.165, 1.54) is 11.7 Å². The number of aromatic nitrogens is 2. The van der Waals surface area contributed by atoms with Crippen LogP contribution in [0.15, 0.2) is 75.2 Å². The summed E-state index contributed by atoms with van der Waals surface area (Å²) in [5.41, 5.74) is 0.727. The molecule has 9 heteroatoms. The molecule has 0 unspecified atom stereocenters. The van der Waals surface area contributed by atoms with Gasteiger partial charge in [0, 0.05) is 5.02 Å². The van der Waals surface area contributed by atoms with Crippen LogP contribution in [-0.4, -0.2) is 28.3 Å². The van der Waals surface area contributed by atoms with E-state index in [-0.39, 0.29) is 23.8 Å². The van der Waals surface area contributed by atoms with Gasteiger partial charge in [0.2, 0.25) is 5.91 Å². The first-order chi connectivity index (χ1) is 15.1. The minimum Gasteiger partial charge on any atom is -0.495 e. The maximum atomic E-state index is 13.4. The first kappa shape index (κ1) is 21.0. The standard InChI is InChI=1S/C22H18ClN3O4S/c1-29-19-7-3-2-6-18(19)26-21(28)16-9-8-14(23)11-17(16)25-22(26)31-13-20(27)24-12-15-5-4-10-30-15/h2-11H,12-13H2,1H3,(H,24,27). The number of amides is 1. The zero-order valence-electron chi connectivity index (χ0n) is 16.5. The summed E-state index contributed by atoms with van der Waals surface area (Å²) in [5.74, 6) is 1.02. The highest BCUT2D eigenvalue weighted by Gasteiger charge is 2.17. The fourth-order valence-electron chi connectivity index (χ4n) is 3.04. The zero-order chi connectivity index (χ0) is 21.8. The molecule has 0 bridgehead atoms. The van der Waals surface area contributed by atoms with Crippen molar-refractivity contribution in [3.63, 3.8) is 0 Å². The fraction of sp³-hybridized carbons (Fsp3) is 0.136. The van der Waals surface area contributed by atoms with Gasteiger partial charge < -0.3 is 14.5 Å². The number of halogens is 1. The second-order valence-electron chi connectivity index (χ2n) is 6.51. The van der Waals surface area contributed by atoms with Crippen molar-refractivity contribution in [1.29, 1.82) is 0 Å². The van der Waals surface area contributed by atoms with E-state index in [4.69, 9.17) is 20.8 Å². The number of nitrogens with one attached hydrogen (secondary N) is 1. The lowest BCUT2D eigenvalue weighted by Crippen LogP contribution is -2.26. The molecule has 31 heavy (non-hydrogen) atoms. The average molecular weight is 456 g/mol. The molecule has 7 nitrogen and oxygen atoms in total. The van der Waals surface area contributed by atoms with E-state index in [0.29, 0.717) is 38.3 Å². The van der Waals surface area contributed by atoms with Gasteiger partial charge in [0.1, 0.15) is 11.5 Å². The maximum absolute atomic E-state index is 13.4. The number of hydrogen-bond donors (Lipinski definition) is 1. The van der Waals surface area contributed by atoms with Crippen molar-refractivity contribution in [3.05, 3.63) is 82.0 Å². The van der Waals surface area contributed by atoms with Gasteiger partial charge >= 0.3 is 0 Å². The molecule has 1 amide bonds. The monoisotopic (exact) mass is 455 g/mol. The third-order valence-corrected chi connectivity index (χ3v) is 5.67. The van der Waals surface area contributed by atoms with Crippen molar-refractivity contribution in [1.82, 2.24) is 14.9 Å². The summed E-state index contributed by atoms with van der Waals surface area (Å²) in [6, 6.07) is 15.6. The molecule has 2 aromatic carbocycles. The van der Waals surface area contributed by atoms with E-state index in [2.05, 4.69) is 10.3 Å². The Balaban J connectivity index is 1.70. The summed E-state index contributed by atoms with van der Waals surface area (Å²) in [5, 5.41) is 4.03. The molecule has 0 atom stereocenters. The second-order valence-corrected chi connectivity index (χ2v) is 7.89. The first-order valence-electron chi connectivity index (χ1n) is 9.34. The van der Waals surface area contributed by atoms with Crippen molar-refractivity contribution in [2.75, 3.05) is 12.9 Å². The Morgan fingerprint density at radius 2 is 2.06 bits per heavy atom. The third kappa shape index (κ3) is 4.60. The Kier molecular flexibility index (Phi) is 6.29. The quantitative estimate of drug-likeness (QED) is 0.334. The largest absolute Gasteiger partial charge is 0.495 e. The van der Waals surface area contributed by atoms with E-state index in [9.17, 15) is 9.59 Å². The Morgan fingerprint density at radius 3 is 2.84 bits per heavy atom. The van der Waals surface area contributed by atoms with Crippen molar-refractivity contribution in [2.45, 2.75) is 11.7 Å². The summed E-state index contributed by atoms with van der Waals surface area (Å²) in [4.78, 5) is 30.3. The van der Waals surface area contributed by atoms with Gasteiger partial charge in [-0.2, -0.15) is 0 Å². The number of thioether (sulfide) groups is 1. The number of para-hydroxylation sites is 2. The van der Waals surface area contributed by atoms with Crippen LogP contribution in [0.2, 0.25) is 5.02 Å². The highest BCUT2D eigenvalue weighted by molar-refractivity contribution is 7.99. The Bertz CT molecular complexity index is 1290. The summed E-state index contributed by atoms with van der Waals surface area (Å²) in [6.45, 7) is 0.284. The predicted octanol–water partition coefficient (Wildman–Crippen LogP) is 4.05.